The number of esters is 1. The Bertz CT molecular complexity index is 628. The maximum absolute atomic E-state index is 11.9. The van der Waals surface area contributed by atoms with Crippen LogP contribution in [0.1, 0.15) is 16.8 Å². The molecule has 0 aromatic heterocycles. The summed E-state index contributed by atoms with van der Waals surface area (Å²) >= 11 is 9.35. The van der Waals surface area contributed by atoms with Gasteiger partial charge in [0, 0.05) is 4.47 Å². The lowest BCUT2D eigenvalue weighted by molar-refractivity contribution is 0.0502. The fourth-order valence-corrected chi connectivity index (χ4v) is 4.17. The van der Waals surface area contributed by atoms with Crippen molar-refractivity contribution in [1.82, 2.24) is 0 Å². The molecule has 0 fully saturated rings. The van der Waals surface area contributed by atoms with Gasteiger partial charge in [-0.25, -0.2) is 4.79 Å². The highest BCUT2D eigenvalue weighted by molar-refractivity contribution is 9.11. The number of halogens is 3. The van der Waals surface area contributed by atoms with E-state index < -0.39 is 21.8 Å². The van der Waals surface area contributed by atoms with E-state index in [1.165, 1.54) is 6.07 Å². The quantitative estimate of drug-likeness (QED) is 0.369. The highest BCUT2D eigenvalue weighted by Crippen LogP contribution is 2.39. The first-order valence-corrected chi connectivity index (χ1v) is 9.11. The van der Waals surface area contributed by atoms with E-state index in [1.807, 2.05) is 0 Å². The van der Waals surface area contributed by atoms with Gasteiger partial charge in [-0.05, 0) is 60.3 Å². The molecule has 0 radical (unpaired) electrons. The van der Waals surface area contributed by atoms with Crippen LogP contribution in [0.15, 0.2) is 19.5 Å². The minimum atomic E-state index is -4.07. The maximum Gasteiger partial charge on any atom is 0.340 e. The summed E-state index contributed by atoms with van der Waals surface area (Å²) in [5.41, 5.74) is 0.0811. The second kappa shape index (κ2) is 7.21. The number of hydrogen-bond donors (Lipinski definition) is 2. The molecule has 0 saturated heterocycles. The van der Waals surface area contributed by atoms with E-state index in [0.29, 0.717) is 8.95 Å². The predicted molar refractivity (Wildman–Crippen MR) is 82.5 cm³/mol. The van der Waals surface area contributed by atoms with Gasteiger partial charge in [0.2, 0.25) is 0 Å². The largest absolute Gasteiger partial charge is 0.506 e. The molecule has 20 heavy (non-hydrogen) atoms. The second-order valence-corrected chi connectivity index (χ2v) is 7.73. The molecule has 0 unspecified atom stereocenters. The van der Waals surface area contributed by atoms with Gasteiger partial charge in [-0.15, -0.1) is 0 Å². The third-order valence-electron chi connectivity index (χ3n) is 2.13. The molecule has 0 bridgehead atoms. The van der Waals surface area contributed by atoms with Gasteiger partial charge in [-0.2, -0.15) is 8.42 Å². The molecule has 0 amide bonds. The van der Waals surface area contributed by atoms with Gasteiger partial charge >= 0.3 is 5.97 Å². The Morgan fingerprint density at radius 2 is 1.85 bits per heavy atom. The summed E-state index contributed by atoms with van der Waals surface area (Å²) in [5.74, 6) is -1.38. The molecule has 0 aliphatic heterocycles. The van der Waals surface area contributed by atoms with Crippen LogP contribution in [0.3, 0.4) is 0 Å². The predicted octanol–water partition coefficient (Wildman–Crippen LogP) is 3.11. The summed E-state index contributed by atoms with van der Waals surface area (Å²) in [6, 6.07) is 1.48. The van der Waals surface area contributed by atoms with E-state index in [2.05, 4.69) is 47.8 Å². The molecule has 0 spiro atoms. The number of carbonyl (C=O) groups is 1. The van der Waals surface area contributed by atoms with Crippen LogP contribution in [0.2, 0.25) is 0 Å². The highest BCUT2D eigenvalue weighted by Gasteiger charge is 2.21. The lowest BCUT2D eigenvalue weighted by atomic mass is 10.2. The van der Waals surface area contributed by atoms with E-state index in [1.54, 1.807) is 0 Å². The molecule has 0 aliphatic carbocycles. The fraction of sp³-hybridized carbons (Fsp3) is 0.300. The number of phenols is 1. The van der Waals surface area contributed by atoms with Crippen LogP contribution in [-0.2, 0) is 14.9 Å². The summed E-state index contributed by atoms with van der Waals surface area (Å²) in [7, 11) is -4.07. The summed E-state index contributed by atoms with van der Waals surface area (Å²) in [6.45, 7) is -0.172. The van der Waals surface area contributed by atoms with Crippen LogP contribution < -0.4 is 0 Å². The van der Waals surface area contributed by atoms with Crippen LogP contribution in [0.25, 0.3) is 0 Å². The number of ether oxygens (including phenoxy) is 1. The van der Waals surface area contributed by atoms with E-state index >= 15 is 0 Å². The summed E-state index contributed by atoms with van der Waals surface area (Å²) in [6.07, 6.45) is -0.0255. The average Bonchev–Trinajstić information content (AvgIpc) is 2.31. The first-order valence-electron chi connectivity index (χ1n) is 5.12. The number of benzene rings is 1. The minimum Gasteiger partial charge on any atom is -0.506 e. The molecule has 1 rings (SSSR count). The molecule has 6 nitrogen and oxygen atoms in total. The molecule has 10 heteroatoms. The average molecular weight is 497 g/mol. The van der Waals surface area contributed by atoms with Gasteiger partial charge in [0.25, 0.3) is 10.1 Å². The monoisotopic (exact) mass is 494 g/mol. The van der Waals surface area contributed by atoms with Gasteiger partial charge < -0.3 is 9.84 Å². The first-order chi connectivity index (χ1) is 9.13. The Balaban J connectivity index is 2.77. The number of aromatic hydroxyl groups is 1. The molecule has 0 saturated carbocycles. The van der Waals surface area contributed by atoms with E-state index in [0.717, 1.165) is 0 Å². The standard InChI is InChI=1S/C10H9Br3O6S/c11-5-4-6(12)9(14)8(13)7(5)10(15)19-2-1-3-20(16,17)18/h4,14H,1-3H2,(H,16,17,18). The molecule has 0 atom stereocenters. The third-order valence-corrected chi connectivity index (χ3v) is 4.94. The number of hydrogen-bond acceptors (Lipinski definition) is 5. The van der Waals surface area contributed by atoms with Crippen LogP contribution in [0, 0.1) is 0 Å². The summed E-state index contributed by atoms with van der Waals surface area (Å²) < 4.78 is 35.3. The third kappa shape index (κ3) is 4.99. The van der Waals surface area contributed by atoms with E-state index in [-0.39, 0.29) is 28.8 Å². The normalized spacial score (nSPS) is 11.4. The van der Waals surface area contributed by atoms with E-state index in [4.69, 9.17) is 9.29 Å². The Morgan fingerprint density at radius 3 is 2.40 bits per heavy atom. The SMILES string of the molecule is O=C(OCCCS(=O)(=O)O)c1c(Br)cc(Br)c(O)c1Br. The van der Waals surface area contributed by atoms with Crippen molar-refractivity contribution >= 4 is 63.9 Å². The van der Waals surface area contributed by atoms with Crippen molar-refractivity contribution in [2.45, 2.75) is 6.42 Å². The smallest absolute Gasteiger partial charge is 0.340 e. The van der Waals surface area contributed by atoms with Crippen molar-refractivity contribution in [1.29, 1.82) is 0 Å². The van der Waals surface area contributed by atoms with Crippen molar-refractivity contribution < 1.29 is 27.6 Å². The van der Waals surface area contributed by atoms with Gasteiger partial charge in [0.15, 0.2) is 0 Å². The molecule has 0 aliphatic rings. The zero-order valence-electron chi connectivity index (χ0n) is 9.77. The van der Waals surface area contributed by atoms with E-state index in [9.17, 15) is 18.3 Å². The molecule has 2 N–H and O–H groups in total. The van der Waals surface area contributed by atoms with Gasteiger partial charge in [0.05, 0.1) is 26.9 Å². The topological polar surface area (TPSA) is 101 Å². The Morgan fingerprint density at radius 1 is 1.25 bits per heavy atom. The molecular formula is C10H9Br3O6S. The number of carbonyl (C=O) groups excluding carboxylic acids is 1. The molecule has 112 valence electrons. The van der Waals surface area contributed by atoms with Crippen LogP contribution in [0.4, 0.5) is 0 Å². The lowest BCUT2D eigenvalue weighted by Crippen LogP contribution is -2.12. The second-order valence-electron chi connectivity index (χ2n) is 3.65. The zero-order valence-corrected chi connectivity index (χ0v) is 15.3. The lowest BCUT2D eigenvalue weighted by Gasteiger charge is -2.10. The summed E-state index contributed by atoms with van der Waals surface area (Å²) in [4.78, 5) is 11.9. The number of phenolic OH excluding ortho intramolecular Hbond substituents is 1. The highest BCUT2D eigenvalue weighted by atomic mass is 79.9. The Labute approximate surface area is 140 Å². The maximum atomic E-state index is 11.9. The molecule has 0 heterocycles. The van der Waals surface area contributed by atoms with Crippen LogP contribution in [0.5, 0.6) is 5.75 Å². The van der Waals surface area contributed by atoms with Crippen molar-refractivity contribution in [3.63, 3.8) is 0 Å². The van der Waals surface area contributed by atoms with Crippen molar-refractivity contribution in [2.75, 3.05) is 12.4 Å². The molecule has 1 aromatic rings. The van der Waals surface area contributed by atoms with Crippen LogP contribution in [-0.4, -0.2) is 36.4 Å². The van der Waals surface area contributed by atoms with Gasteiger partial charge in [-0.1, -0.05) is 0 Å². The Hall–Kier alpha value is -0.160. The molecule has 1 aromatic carbocycles. The first kappa shape index (κ1) is 17.9. The number of rotatable bonds is 5. The summed E-state index contributed by atoms with van der Waals surface area (Å²) in [5, 5.41) is 9.70. The van der Waals surface area contributed by atoms with Crippen molar-refractivity contribution in [2.24, 2.45) is 0 Å². The Kier molecular flexibility index (Phi) is 6.45. The van der Waals surface area contributed by atoms with Crippen molar-refractivity contribution in [3.05, 3.63) is 25.0 Å². The van der Waals surface area contributed by atoms with Crippen molar-refractivity contribution in [3.8, 4) is 5.75 Å². The van der Waals surface area contributed by atoms with Gasteiger partial charge in [0.1, 0.15) is 5.75 Å². The molecular weight excluding hydrogens is 488 g/mol. The zero-order chi connectivity index (χ0) is 15.5. The minimum absolute atomic E-state index is 0.0255. The fourth-order valence-electron chi connectivity index (χ4n) is 1.25. The van der Waals surface area contributed by atoms with Gasteiger partial charge in [-0.3, -0.25) is 4.55 Å². The van der Waals surface area contributed by atoms with Crippen LogP contribution >= 0.6 is 47.8 Å².